The van der Waals surface area contributed by atoms with E-state index in [1.807, 2.05) is 4.90 Å². The minimum absolute atomic E-state index is 0.0551. The number of unbranched alkanes of at least 4 members (excludes halogenated alkanes) is 21. The standard InChI is InChI=1S/C49H90N2O2/c1-6-9-12-15-17-19-21-23-25-26-28-30-32-34-36-38-40-44-48(53-49(52)51(46-41-14-11-8-3)47-42-45-50(4)5)43-39-37-35-33-31-29-27-24-22-20-18-16-13-10-7-2/h17-18,20-21,23-25,27,48H,6-16,22,26,28-47H2,1-5H3/b20-18-,25-23-,27-24-. The Bertz CT molecular complexity index is 913. The molecule has 0 saturated carbocycles. The predicted molar refractivity (Wildman–Crippen MR) is 236 cm³/mol. The molecule has 1 unspecified atom stereocenters. The summed E-state index contributed by atoms with van der Waals surface area (Å²) in [6.07, 6.45) is 54.6. The first-order chi connectivity index (χ1) is 26.0. The van der Waals surface area contributed by atoms with E-state index in [2.05, 4.69) is 94.1 Å². The molecular formula is C49H90N2O2. The largest absolute Gasteiger partial charge is 0.446 e. The fraction of sp³-hybridized carbons (Fsp3) is 0.796. The van der Waals surface area contributed by atoms with Crippen LogP contribution in [0.4, 0.5) is 4.79 Å². The van der Waals surface area contributed by atoms with Crippen molar-refractivity contribution >= 4 is 6.09 Å². The van der Waals surface area contributed by atoms with E-state index in [9.17, 15) is 4.79 Å². The van der Waals surface area contributed by atoms with Crippen molar-refractivity contribution in [3.63, 3.8) is 0 Å². The molecule has 4 heteroatoms. The zero-order chi connectivity index (χ0) is 38.7. The quantitative estimate of drug-likeness (QED) is 0.0272. The van der Waals surface area contributed by atoms with Crippen LogP contribution in [0.5, 0.6) is 0 Å². The van der Waals surface area contributed by atoms with Gasteiger partial charge in [0.15, 0.2) is 0 Å². The number of hydrogen-bond donors (Lipinski definition) is 0. The Morgan fingerprint density at radius 3 is 1.58 bits per heavy atom. The van der Waals surface area contributed by atoms with Gasteiger partial charge < -0.3 is 14.5 Å². The van der Waals surface area contributed by atoms with Gasteiger partial charge in [-0.3, -0.25) is 0 Å². The molecule has 0 aliphatic rings. The average Bonchev–Trinajstić information content (AvgIpc) is 3.15. The molecule has 0 aliphatic heterocycles. The lowest BCUT2D eigenvalue weighted by atomic mass is 10.0. The monoisotopic (exact) mass is 739 g/mol. The number of ether oxygens (including phenoxy) is 1. The molecule has 0 fully saturated rings. The van der Waals surface area contributed by atoms with Gasteiger partial charge in [-0.2, -0.15) is 0 Å². The number of nitrogens with zero attached hydrogens (tertiary/aromatic N) is 2. The topological polar surface area (TPSA) is 32.8 Å². The second-order valence-electron chi connectivity index (χ2n) is 15.7. The zero-order valence-electron chi connectivity index (χ0n) is 36.2. The molecule has 0 aliphatic carbocycles. The number of carbonyl (C=O) groups is 1. The van der Waals surface area contributed by atoms with Crippen LogP contribution in [0.25, 0.3) is 0 Å². The Morgan fingerprint density at radius 1 is 0.528 bits per heavy atom. The van der Waals surface area contributed by atoms with Gasteiger partial charge in [0, 0.05) is 13.1 Å². The summed E-state index contributed by atoms with van der Waals surface area (Å²) in [5, 5.41) is 0. The third-order valence-electron chi connectivity index (χ3n) is 10.1. The van der Waals surface area contributed by atoms with Crippen LogP contribution in [0.1, 0.15) is 213 Å². The molecule has 0 aromatic heterocycles. The summed E-state index contributed by atoms with van der Waals surface area (Å²) < 4.78 is 6.32. The second kappa shape index (κ2) is 42.7. The third-order valence-corrected chi connectivity index (χ3v) is 10.1. The molecule has 53 heavy (non-hydrogen) atoms. The zero-order valence-corrected chi connectivity index (χ0v) is 36.2. The van der Waals surface area contributed by atoms with E-state index in [1.165, 1.54) is 141 Å². The van der Waals surface area contributed by atoms with Crippen molar-refractivity contribution < 1.29 is 9.53 Å². The van der Waals surface area contributed by atoms with Gasteiger partial charge in [-0.25, -0.2) is 4.79 Å². The van der Waals surface area contributed by atoms with Gasteiger partial charge in [0.05, 0.1) is 0 Å². The molecule has 0 spiro atoms. The van der Waals surface area contributed by atoms with Crippen molar-refractivity contribution in [1.82, 2.24) is 9.80 Å². The second-order valence-corrected chi connectivity index (χ2v) is 15.7. The van der Waals surface area contributed by atoms with E-state index in [-0.39, 0.29) is 12.2 Å². The van der Waals surface area contributed by atoms with Gasteiger partial charge >= 0.3 is 6.09 Å². The summed E-state index contributed by atoms with van der Waals surface area (Å²) in [5.41, 5.74) is 3.28. The number of amides is 1. The Morgan fingerprint density at radius 2 is 1.00 bits per heavy atom. The molecule has 308 valence electrons. The molecule has 0 radical (unpaired) electrons. The molecular weight excluding hydrogens is 649 g/mol. The third kappa shape index (κ3) is 39.5. The lowest BCUT2D eigenvalue weighted by Crippen LogP contribution is -2.37. The highest BCUT2D eigenvalue weighted by Crippen LogP contribution is 2.19. The highest BCUT2D eigenvalue weighted by molar-refractivity contribution is 5.67. The molecule has 4 nitrogen and oxygen atoms in total. The van der Waals surface area contributed by atoms with E-state index in [1.54, 1.807) is 0 Å². The smallest absolute Gasteiger partial charge is 0.410 e. The average molecular weight is 739 g/mol. The maximum atomic E-state index is 13.5. The van der Waals surface area contributed by atoms with E-state index in [0.717, 1.165) is 71.0 Å². The van der Waals surface area contributed by atoms with Gasteiger partial charge in [-0.1, -0.05) is 154 Å². The maximum absolute atomic E-state index is 13.5. The van der Waals surface area contributed by atoms with Crippen LogP contribution in [0, 0.1) is 0 Å². The van der Waals surface area contributed by atoms with Gasteiger partial charge in [0.1, 0.15) is 6.10 Å². The van der Waals surface area contributed by atoms with E-state index >= 15 is 0 Å². The van der Waals surface area contributed by atoms with Crippen molar-refractivity contribution in [2.75, 3.05) is 33.7 Å². The summed E-state index contributed by atoms with van der Waals surface area (Å²) in [7, 11) is 4.22. The summed E-state index contributed by atoms with van der Waals surface area (Å²) in [6, 6.07) is 0. The fourth-order valence-electron chi connectivity index (χ4n) is 6.65. The Hall–Kier alpha value is -2.03. The van der Waals surface area contributed by atoms with E-state index < -0.39 is 0 Å². The Balaban J connectivity index is 4.60. The maximum Gasteiger partial charge on any atom is 0.410 e. The van der Waals surface area contributed by atoms with Crippen LogP contribution in [-0.4, -0.2) is 55.7 Å². The minimum Gasteiger partial charge on any atom is -0.446 e. The molecule has 0 N–H and O–H groups in total. The normalized spacial score (nSPS) is 12.3. The highest BCUT2D eigenvalue weighted by atomic mass is 16.6. The van der Waals surface area contributed by atoms with E-state index in [4.69, 9.17) is 4.74 Å². The molecule has 0 aromatic carbocycles. The lowest BCUT2D eigenvalue weighted by molar-refractivity contribution is 0.0513. The molecule has 1 amide bonds. The van der Waals surface area contributed by atoms with Crippen molar-refractivity contribution in [2.45, 2.75) is 219 Å². The number of hydrogen-bond acceptors (Lipinski definition) is 3. The van der Waals surface area contributed by atoms with Crippen LogP contribution < -0.4 is 0 Å². The van der Waals surface area contributed by atoms with Crippen molar-refractivity contribution in [1.29, 1.82) is 0 Å². The predicted octanol–water partition coefficient (Wildman–Crippen LogP) is 15.5. The van der Waals surface area contributed by atoms with Crippen LogP contribution in [-0.2, 0) is 4.74 Å². The molecule has 0 heterocycles. The summed E-state index contributed by atoms with van der Waals surface area (Å²) in [5.74, 6) is 0. The Kier molecular flexibility index (Phi) is 41.1. The van der Waals surface area contributed by atoms with Crippen molar-refractivity contribution in [2.24, 2.45) is 0 Å². The van der Waals surface area contributed by atoms with Crippen molar-refractivity contribution in [3.05, 3.63) is 54.3 Å². The van der Waals surface area contributed by atoms with Crippen LogP contribution in [0.3, 0.4) is 0 Å². The first-order valence-electron chi connectivity index (χ1n) is 23.0. The number of rotatable bonds is 39. The van der Waals surface area contributed by atoms with Gasteiger partial charge in [-0.15, -0.1) is 5.73 Å². The molecule has 1 atom stereocenters. The van der Waals surface area contributed by atoms with Crippen LogP contribution in [0.2, 0.25) is 0 Å². The van der Waals surface area contributed by atoms with Crippen LogP contribution >= 0.6 is 0 Å². The number of carbonyl (C=O) groups excluding carboxylic acids is 1. The molecule has 0 saturated heterocycles. The fourth-order valence-corrected chi connectivity index (χ4v) is 6.65. The molecule has 0 aromatic rings. The molecule has 0 bridgehead atoms. The van der Waals surface area contributed by atoms with E-state index in [0.29, 0.717) is 0 Å². The highest BCUT2D eigenvalue weighted by Gasteiger charge is 2.20. The number of allylic oxidation sites excluding steroid dienone is 7. The van der Waals surface area contributed by atoms with Gasteiger partial charge in [0.25, 0.3) is 0 Å². The van der Waals surface area contributed by atoms with Crippen LogP contribution in [0.15, 0.2) is 54.3 Å². The van der Waals surface area contributed by atoms with Gasteiger partial charge in [0.2, 0.25) is 0 Å². The lowest BCUT2D eigenvalue weighted by Gasteiger charge is -2.26. The Labute approximate surface area is 332 Å². The van der Waals surface area contributed by atoms with Crippen molar-refractivity contribution in [3.8, 4) is 0 Å². The molecule has 0 rings (SSSR count). The summed E-state index contributed by atoms with van der Waals surface area (Å²) in [6.45, 7) is 9.37. The summed E-state index contributed by atoms with van der Waals surface area (Å²) >= 11 is 0. The SMILES string of the molecule is CCCCCC=C=C/C=C\CCCCCCCCCC(CCCCCCC/C=C\C/C=C\CCCCC)OC(=O)N(CCCCCC)CCCN(C)C. The first kappa shape index (κ1) is 51.0. The minimum atomic E-state index is -0.0691. The summed E-state index contributed by atoms with van der Waals surface area (Å²) in [4.78, 5) is 17.7. The first-order valence-corrected chi connectivity index (χ1v) is 23.0. The van der Waals surface area contributed by atoms with Gasteiger partial charge in [-0.05, 0) is 129 Å².